The first-order valence-corrected chi connectivity index (χ1v) is 15.9. The first kappa shape index (κ1) is 30.5. The summed E-state index contributed by atoms with van der Waals surface area (Å²) in [5, 5.41) is 3.04. The molecule has 41 heavy (non-hydrogen) atoms. The molecule has 10 heteroatoms. The zero-order chi connectivity index (χ0) is 29.6. The molecule has 216 valence electrons. The topological polar surface area (TPSA) is 104 Å². The predicted molar refractivity (Wildman–Crippen MR) is 160 cm³/mol. The van der Waals surface area contributed by atoms with Crippen molar-refractivity contribution in [3.8, 4) is 0 Å². The molecule has 0 saturated carbocycles. The normalized spacial score (nSPS) is 15.2. The van der Waals surface area contributed by atoms with E-state index in [2.05, 4.69) is 21.2 Å². The number of carbonyl (C=O) groups excluding carboxylic acids is 3. The third-order valence-electron chi connectivity index (χ3n) is 7.18. The van der Waals surface area contributed by atoms with Crippen LogP contribution in [0.2, 0.25) is 0 Å². The standard InChI is InChI=1S/C31H34BrN3O5S/c1-3-22(2)33-30(37)27(20-23-11-5-4-6-12-23)34(21-24-13-9-14-25(32)19-24)29(36)17-10-18-35-31(38)26-15-7-8-16-28(26)41(35,39)40/h4-9,11-16,19,22,27H,3,10,17-18,20-21H2,1-2H3,(H,33,37)/t22-,27+/m0/s1. The number of hydrogen-bond donors (Lipinski definition) is 1. The van der Waals surface area contributed by atoms with E-state index in [0.29, 0.717) is 6.42 Å². The summed E-state index contributed by atoms with van der Waals surface area (Å²) in [4.78, 5) is 41.8. The Balaban J connectivity index is 1.57. The van der Waals surface area contributed by atoms with Crippen molar-refractivity contribution in [2.24, 2.45) is 0 Å². The van der Waals surface area contributed by atoms with Crippen molar-refractivity contribution in [2.75, 3.05) is 6.54 Å². The van der Waals surface area contributed by atoms with Crippen molar-refractivity contribution in [1.29, 1.82) is 0 Å². The Bertz CT molecular complexity index is 1510. The van der Waals surface area contributed by atoms with E-state index in [1.165, 1.54) is 12.1 Å². The second kappa shape index (κ2) is 13.4. The lowest BCUT2D eigenvalue weighted by Gasteiger charge is -2.32. The van der Waals surface area contributed by atoms with Gasteiger partial charge in [-0.1, -0.05) is 77.5 Å². The summed E-state index contributed by atoms with van der Waals surface area (Å²) in [7, 11) is -3.96. The highest BCUT2D eigenvalue weighted by atomic mass is 79.9. The zero-order valence-corrected chi connectivity index (χ0v) is 25.5. The van der Waals surface area contributed by atoms with Gasteiger partial charge in [0.15, 0.2) is 0 Å². The number of nitrogens with one attached hydrogen (secondary N) is 1. The number of hydrogen-bond acceptors (Lipinski definition) is 5. The minimum absolute atomic E-state index is 0.0164. The fourth-order valence-electron chi connectivity index (χ4n) is 4.80. The van der Waals surface area contributed by atoms with Gasteiger partial charge in [0.25, 0.3) is 15.9 Å². The Morgan fingerprint density at radius 3 is 2.34 bits per heavy atom. The minimum Gasteiger partial charge on any atom is -0.352 e. The van der Waals surface area contributed by atoms with Crippen LogP contribution in [-0.2, 0) is 32.6 Å². The van der Waals surface area contributed by atoms with E-state index in [1.807, 2.05) is 68.4 Å². The molecule has 0 aliphatic carbocycles. The fraction of sp³-hybridized carbons (Fsp3) is 0.323. The van der Waals surface area contributed by atoms with Crippen molar-refractivity contribution in [2.45, 2.75) is 63.1 Å². The van der Waals surface area contributed by atoms with Gasteiger partial charge in [-0.3, -0.25) is 14.4 Å². The molecule has 3 aromatic carbocycles. The van der Waals surface area contributed by atoms with Crippen molar-refractivity contribution < 1.29 is 22.8 Å². The molecule has 0 saturated heterocycles. The molecule has 1 aliphatic rings. The second-order valence-electron chi connectivity index (χ2n) is 10.2. The Morgan fingerprint density at radius 2 is 1.66 bits per heavy atom. The number of benzene rings is 3. The monoisotopic (exact) mass is 639 g/mol. The largest absolute Gasteiger partial charge is 0.352 e. The molecule has 0 bridgehead atoms. The third-order valence-corrected chi connectivity index (χ3v) is 9.51. The molecule has 0 aromatic heterocycles. The zero-order valence-electron chi connectivity index (χ0n) is 23.1. The number of sulfonamides is 1. The maximum absolute atomic E-state index is 13.8. The van der Waals surface area contributed by atoms with E-state index in [0.717, 1.165) is 26.3 Å². The van der Waals surface area contributed by atoms with Gasteiger partial charge in [-0.25, -0.2) is 12.7 Å². The fourth-order valence-corrected chi connectivity index (χ4v) is 6.85. The molecule has 2 atom stereocenters. The molecular formula is C31H34BrN3O5S. The van der Waals surface area contributed by atoms with Gasteiger partial charge in [0.2, 0.25) is 11.8 Å². The summed E-state index contributed by atoms with van der Waals surface area (Å²) in [6, 6.07) is 22.3. The number of rotatable bonds is 12. The molecule has 0 radical (unpaired) electrons. The van der Waals surface area contributed by atoms with Crippen LogP contribution in [0, 0.1) is 0 Å². The summed E-state index contributed by atoms with van der Waals surface area (Å²) in [5.74, 6) is -1.14. The van der Waals surface area contributed by atoms with Crippen LogP contribution < -0.4 is 5.32 Å². The lowest BCUT2D eigenvalue weighted by Crippen LogP contribution is -2.52. The van der Waals surface area contributed by atoms with Gasteiger partial charge in [0, 0.05) is 36.4 Å². The van der Waals surface area contributed by atoms with Crippen LogP contribution in [0.25, 0.3) is 0 Å². The van der Waals surface area contributed by atoms with E-state index < -0.39 is 22.0 Å². The Labute approximate surface area is 249 Å². The molecule has 3 amide bonds. The summed E-state index contributed by atoms with van der Waals surface area (Å²) in [5.41, 5.74) is 1.89. The van der Waals surface area contributed by atoms with Crippen LogP contribution in [0.5, 0.6) is 0 Å². The molecule has 0 unspecified atom stereocenters. The van der Waals surface area contributed by atoms with Crippen LogP contribution in [0.4, 0.5) is 0 Å². The minimum atomic E-state index is -3.96. The molecule has 3 aromatic rings. The first-order chi connectivity index (χ1) is 19.6. The number of amides is 3. The number of fused-ring (bicyclic) bond motifs is 1. The SMILES string of the molecule is CC[C@H](C)NC(=O)[C@@H](Cc1ccccc1)N(Cc1cccc(Br)c1)C(=O)CCCN1C(=O)c2ccccc2S1(=O)=O. The van der Waals surface area contributed by atoms with E-state index in [1.54, 1.807) is 17.0 Å². The van der Waals surface area contributed by atoms with E-state index in [-0.39, 0.29) is 54.2 Å². The van der Waals surface area contributed by atoms with E-state index in [4.69, 9.17) is 0 Å². The average Bonchev–Trinajstić information content (AvgIpc) is 3.15. The van der Waals surface area contributed by atoms with Gasteiger partial charge >= 0.3 is 0 Å². The van der Waals surface area contributed by atoms with Crippen molar-refractivity contribution in [3.63, 3.8) is 0 Å². The van der Waals surface area contributed by atoms with Crippen molar-refractivity contribution >= 4 is 43.7 Å². The van der Waals surface area contributed by atoms with E-state index >= 15 is 0 Å². The smallest absolute Gasteiger partial charge is 0.269 e. The quantitative estimate of drug-likeness (QED) is 0.303. The van der Waals surface area contributed by atoms with Gasteiger partial charge in [-0.15, -0.1) is 0 Å². The van der Waals surface area contributed by atoms with Gasteiger partial charge in [0.05, 0.1) is 5.56 Å². The number of halogens is 1. The highest BCUT2D eigenvalue weighted by Crippen LogP contribution is 2.30. The molecule has 8 nitrogen and oxygen atoms in total. The Morgan fingerprint density at radius 1 is 0.976 bits per heavy atom. The number of carbonyl (C=O) groups is 3. The highest BCUT2D eigenvalue weighted by molar-refractivity contribution is 9.10. The van der Waals surface area contributed by atoms with Crippen LogP contribution in [0.15, 0.2) is 88.2 Å². The second-order valence-corrected chi connectivity index (χ2v) is 12.9. The summed E-state index contributed by atoms with van der Waals surface area (Å²) in [6.07, 6.45) is 1.14. The van der Waals surface area contributed by atoms with Crippen LogP contribution in [-0.4, -0.2) is 54.0 Å². The molecule has 1 aliphatic heterocycles. The molecular weight excluding hydrogens is 606 g/mol. The van der Waals surface area contributed by atoms with Crippen molar-refractivity contribution in [3.05, 3.63) is 100 Å². The lowest BCUT2D eigenvalue weighted by molar-refractivity contribution is -0.141. The van der Waals surface area contributed by atoms with Crippen molar-refractivity contribution in [1.82, 2.24) is 14.5 Å². The Hall–Kier alpha value is -3.50. The molecule has 0 spiro atoms. The van der Waals surface area contributed by atoms with Gasteiger partial charge in [0.1, 0.15) is 10.9 Å². The summed E-state index contributed by atoms with van der Waals surface area (Å²) in [6.45, 7) is 3.96. The predicted octanol–water partition coefficient (Wildman–Crippen LogP) is 4.93. The average molecular weight is 641 g/mol. The van der Waals surface area contributed by atoms with Crippen LogP contribution >= 0.6 is 15.9 Å². The van der Waals surface area contributed by atoms with Crippen LogP contribution in [0.1, 0.15) is 54.6 Å². The molecule has 1 heterocycles. The maximum Gasteiger partial charge on any atom is 0.269 e. The molecule has 4 rings (SSSR count). The summed E-state index contributed by atoms with van der Waals surface area (Å²) >= 11 is 3.48. The lowest BCUT2D eigenvalue weighted by atomic mass is 10.0. The molecule has 1 N–H and O–H groups in total. The number of nitrogens with zero attached hydrogens (tertiary/aromatic N) is 2. The van der Waals surface area contributed by atoms with Gasteiger partial charge in [-0.05, 0) is 55.2 Å². The Kier molecular flexibility index (Phi) is 9.99. The first-order valence-electron chi connectivity index (χ1n) is 13.7. The van der Waals surface area contributed by atoms with Crippen LogP contribution in [0.3, 0.4) is 0 Å². The maximum atomic E-state index is 13.8. The van der Waals surface area contributed by atoms with Gasteiger partial charge < -0.3 is 10.2 Å². The third kappa shape index (κ3) is 7.23. The summed E-state index contributed by atoms with van der Waals surface area (Å²) < 4.78 is 27.6. The van der Waals surface area contributed by atoms with Gasteiger partial charge in [-0.2, -0.15) is 0 Å². The molecule has 0 fully saturated rings. The van der Waals surface area contributed by atoms with E-state index in [9.17, 15) is 22.8 Å². The highest BCUT2D eigenvalue weighted by Gasteiger charge is 2.40.